The Hall–Kier alpha value is -8.22. The van der Waals surface area contributed by atoms with Gasteiger partial charge in [0.05, 0.1) is 16.6 Å². The Kier molecular flexibility index (Phi) is 7.74. The fourth-order valence-corrected chi connectivity index (χ4v) is 8.58. The van der Waals surface area contributed by atoms with E-state index >= 15 is 0 Å². The normalized spacial score (nSPS) is 11.7. The number of para-hydroxylation sites is 3. The quantitative estimate of drug-likeness (QED) is 0.168. The van der Waals surface area contributed by atoms with Crippen LogP contribution in [0.15, 0.2) is 205 Å². The summed E-state index contributed by atoms with van der Waals surface area (Å²) in [4.78, 5) is 20.4. The van der Waals surface area contributed by atoms with Crippen molar-refractivity contribution < 1.29 is 4.42 Å². The van der Waals surface area contributed by atoms with Crippen molar-refractivity contribution in [1.29, 1.82) is 0 Å². The van der Waals surface area contributed by atoms with Crippen LogP contribution in [0.4, 0.5) is 0 Å². The van der Waals surface area contributed by atoms with Crippen LogP contribution in [-0.2, 0) is 0 Å². The zero-order valence-corrected chi connectivity index (χ0v) is 32.2. The van der Waals surface area contributed by atoms with Gasteiger partial charge < -0.3 is 8.98 Å². The molecule has 12 aromatic rings. The maximum Gasteiger partial charge on any atom is 0.164 e. The van der Waals surface area contributed by atoms with Crippen molar-refractivity contribution >= 4 is 54.6 Å². The molecule has 0 aliphatic heterocycles. The Balaban J connectivity index is 0.965. The molecule has 0 aliphatic rings. The number of rotatable bonds is 6. The molecule has 0 saturated carbocycles. The second-order valence-electron chi connectivity index (χ2n) is 15.0. The van der Waals surface area contributed by atoms with E-state index in [1.54, 1.807) is 0 Å². The van der Waals surface area contributed by atoms with E-state index < -0.39 is 0 Å². The van der Waals surface area contributed by atoms with E-state index in [9.17, 15) is 0 Å². The first-order chi connectivity index (χ1) is 29.7. The molecule has 280 valence electrons. The fraction of sp³-hybridized carbons (Fsp3) is 0. The lowest BCUT2D eigenvalue weighted by molar-refractivity contribution is 0.669. The molecule has 6 heteroatoms. The average molecular weight is 768 g/mol. The number of hydrogen-bond donors (Lipinski definition) is 0. The third-order valence-corrected chi connectivity index (χ3v) is 11.5. The summed E-state index contributed by atoms with van der Waals surface area (Å²) in [5.41, 5.74) is 12.6. The minimum Gasteiger partial charge on any atom is -0.454 e. The van der Waals surface area contributed by atoms with E-state index in [2.05, 4.69) is 156 Å². The summed E-state index contributed by atoms with van der Waals surface area (Å²) in [5.74, 6) is 1.80. The molecular weight excluding hydrogens is 735 g/mol. The largest absolute Gasteiger partial charge is 0.454 e. The van der Waals surface area contributed by atoms with E-state index in [0.29, 0.717) is 17.5 Å². The lowest BCUT2D eigenvalue weighted by Gasteiger charge is -2.11. The summed E-state index contributed by atoms with van der Waals surface area (Å²) in [6.07, 6.45) is 0. The minimum absolute atomic E-state index is 0.588. The number of aromatic nitrogens is 5. The molecule has 0 radical (unpaired) electrons. The zero-order chi connectivity index (χ0) is 39.6. The summed E-state index contributed by atoms with van der Waals surface area (Å²) in [6, 6.07) is 69.1. The Morgan fingerprint density at radius 3 is 1.47 bits per heavy atom. The molecule has 4 heterocycles. The second-order valence-corrected chi connectivity index (χ2v) is 15.0. The van der Waals surface area contributed by atoms with Gasteiger partial charge in [-0.1, -0.05) is 152 Å². The van der Waals surface area contributed by atoms with Crippen LogP contribution < -0.4 is 0 Å². The standard InChI is InChI=1S/C54H33N5O/c1-3-13-34(14-4-1)39-29-32-43-45(33-39)55-50(51-49(43)44-19-9-12-22-48(44)60-51)35-23-25-37(26-24-35)53-56-52(36-15-5-2-6-16-36)57-54(58-53)38-27-30-40(31-28-38)59-46-20-10-7-17-41(46)42-18-8-11-21-47(42)59/h1-33H. The maximum absolute atomic E-state index is 6.58. The Labute approximate surface area is 344 Å². The summed E-state index contributed by atoms with van der Waals surface area (Å²) in [7, 11) is 0. The molecule has 0 fully saturated rings. The number of nitrogens with zero attached hydrogens (tertiary/aromatic N) is 5. The molecule has 6 nitrogen and oxygen atoms in total. The van der Waals surface area contributed by atoms with E-state index in [1.165, 1.54) is 21.8 Å². The van der Waals surface area contributed by atoms with E-state index in [-0.39, 0.29) is 0 Å². The Morgan fingerprint density at radius 2 is 0.833 bits per heavy atom. The Bertz CT molecular complexity index is 3520. The number of pyridine rings is 1. The van der Waals surface area contributed by atoms with Crippen molar-refractivity contribution in [2.75, 3.05) is 0 Å². The predicted octanol–water partition coefficient (Wildman–Crippen LogP) is 13.8. The van der Waals surface area contributed by atoms with Crippen LogP contribution in [0, 0.1) is 0 Å². The third kappa shape index (κ3) is 5.57. The van der Waals surface area contributed by atoms with Crippen molar-refractivity contribution in [2.45, 2.75) is 0 Å². The first kappa shape index (κ1) is 33.9. The molecule has 0 unspecified atom stereocenters. The predicted molar refractivity (Wildman–Crippen MR) is 244 cm³/mol. The first-order valence-corrected chi connectivity index (χ1v) is 20.1. The van der Waals surface area contributed by atoms with Crippen molar-refractivity contribution in [2.24, 2.45) is 0 Å². The van der Waals surface area contributed by atoms with Gasteiger partial charge in [0.1, 0.15) is 11.3 Å². The third-order valence-electron chi connectivity index (χ3n) is 11.5. The monoisotopic (exact) mass is 767 g/mol. The van der Waals surface area contributed by atoms with Crippen molar-refractivity contribution in [3.8, 4) is 62.2 Å². The van der Waals surface area contributed by atoms with Crippen molar-refractivity contribution in [3.63, 3.8) is 0 Å². The maximum atomic E-state index is 6.58. The molecule has 60 heavy (non-hydrogen) atoms. The highest BCUT2D eigenvalue weighted by Crippen LogP contribution is 2.41. The van der Waals surface area contributed by atoms with Crippen LogP contribution in [0.1, 0.15) is 0 Å². The van der Waals surface area contributed by atoms with Gasteiger partial charge in [-0.3, -0.25) is 0 Å². The first-order valence-electron chi connectivity index (χ1n) is 20.1. The lowest BCUT2D eigenvalue weighted by Crippen LogP contribution is -2.00. The number of hydrogen-bond acceptors (Lipinski definition) is 5. The molecule has 0 N–H and O–H groups in total. The van der Waals surface area contributed by atoms with Gasteiger partial charge in [0, 0.05) is 54.9 Å². The highest BCUT2D eigenvalue weighted by Gasteiger charge is 2.20. The molecule has 0 saturated heterocycles. The summed E-state index contributed by atoms with van der Waals surface area (Å²) in [5, 5.41) is 5.65. The molecular formula is C54H33N5O. The smallest absolute Gasteiger partial charge is 0.164 e. The summed E-state index contributed by atoms with van der Waals surface area (Å²) in [6.45, 7) is 0. The van der Waals surface area contributed by atoms with Crippen LogP contribution in [0.25, 0.3) is 117 Å². The molecule has 0 amide bonds. The second kappa shape index (κ2) is 13.7. The highest BCUT2D eigenvalue weighted by atomic mass is 16.3. The highest BCUT2D eigenvalue weighted by molar-refractivity contribution is 6.21. The molecule has 12 rings (SSSR count). The van der Waals surface area contributed by atoms with Gasteiger partial charge in [-0.05, 0) is 59.7 Å². The average Bonchev–Trinajstić information content (AvgIpc) is 3.88. The molecule has 0 aliphatic carbocycles. The lowest BCUT2D eigenvalue weighted by atomic mass is 9.99. The number of furan rings is 1. The van der Waals surface area contributed by atoms with Crippen LogP contribution in [0.3, 0.4) is 0 Å². The van der Waals surface area contributed by atoms with Gasteiger partial charge in [0.15, 0.2) is 23.1 Å². The molecule has 0 atom stereocenters. The van der Waals surface area contributed by atoms with Gasteiger partial charge in [-0.15, -0.1) is 0 Å². The van der Waals surface area contributed by atoms with Crippen LogP contribution in [0.2, 0.25) is 0 Å². The topological polar surface area (TPSA) is 69.6 Å². The van der Waals surface area contributed by atoms with Gasteiger partial charge in [0.25, 0.3) is 0 Å². The zero-order valence-electron chi connectivity index (χ0n) is 32.2. The number of fused-ring (bicyclic) bond motifs is 8. The van der Waals surface area contributed by atoms with Crippen LogP contribution in [0.5, 0.6) is 0 Å². The molecule has 0 spiro atoms. The number of benzene rings is 8. The van der Waals surface area contributed by atoms with Crippen molar-refractivity contribution in [1.82, 2.24) is 24.5 Å². The molecule has 8 aromatic carbocycles. The van der Waals surface area contributed by atoms with Crippen molar-refractivity contribution in [3.05, 3.63) is 200 Å². The fourth-order valence-electron chi connectivity index (χ4n) is 8.58. The Morgan fingerprint density at radius 1 is 0.350 bits per heavy atom. The van der Waals surface area contributed by atoms with E-state index in [4.69, 9.17) is 24.4 Å². The van der Waals surface area contributed by atoms with Gasteiger partial charge >= 0.3 is 0 Å². The molecule has 4 aromatic heterocycles. The van der Waals surface area contributed by atoms with E-state index in [1.807, 2.05) is 48.5 Å². The van der Waals surface area contributed by atoms with Gasteiger partial charge in [-0.25, -0.2) is 19.9 Å². The summed E-state index contributed by atoms with van der Waals surface area (Å²) >= 11 is 0. The van der Waals surface area contributed by atoms with E-state index in [0.717, 1.165) is 77.6 Å². The molecule has 0 bridgehead atoms. The summed E-state index contributed by atoms with van der Waals surface area (Å²) < 4.78 is 8.90. The SMILES string of the molecule is c1ccc(-c2ccc3c(c2)nc(-c2ccc(-c4nc(-c5ccccc5)nc(-c5ccc(-n6c7ccccc7c7ccccc76)cc5)n4)cc2)c2oc4ccccc4c23)cc1. The van der Waals surface area contributed by atoms with Gasteiger partial charge in [0.2, 0.25) is 0 Å². The van der Waals surface area contributed by atoms with Gasteiger partial charge in [-0.2, -0.15) is 0 Å². The van der Waals surface area contributed by atoms with Crippen LogP contribution >= 0.6 is 0 Å². The minimum atomic E-state index is 0.588. The van der Waals surface area contributed by atoms with Crippen LogP contribution in [-0.4, -0.2) is 24.5 Å².